The van der Waals surface area contributed by atoms with E-state index in [4.69, 9.17) is 14.2 Å². The van der Waals surface area contributed by atoms with Gasteiger partial charge in [0, 0.05) is 5.92 Å². The molecule has 1 aromatic carbocycles. The topological polar surface area (TPSA) is 158 Å². The van der Waals surface area contributed by atoms with Gasteiger partial charge in [0.2, 0.25) is 11.9 Å². The third kappa shape index (κ3) is 4.83. The highest BCUT2D eigenvalue weighted by Gasteiger charge is 2.41. The van der Waals surface area contributed by atoms with Crippen LogP contribution in [0.15, 0.2) is 41.5 Å². The quantitative estimate of drug-likeness (QED) is 0.425. The van der Waals surface area contributed by atoms with E-state index >= 15 is 0 Å². The molecule has 3 heterocycles. The first-order valence-corrected chi connectivity index (χ1v) is 10.7. The van der Waals surface area contributed by atoms with E-state index in [2.05, 4.69) is 20.3 Å². The van der Waals surface area contributed by atoms with Crippen molar-refractivity contribution in [3.63, 3.8) is 0 Å². The van der Waals surface area contributed by atoms with Gasteiger partial charge in [-0.2, -0.15) is 4.98 Å². The van der Waals surface area contributed by atoms with Gasteiger partial charge in [0.05, 0.1) is 31.7 Å². The molecule has 0 bridgehead atoms. The van der Waals surface area contributed by atoms with E-state index in [0.717, 1.165) is 0 Å². The molecule has 2 aromatic heterocycles. The van der Waals surface area contributed by atoms with Crippen molar-refractivity contribution in [1.82, 2.24) is 19.5 Å². The summed E-state index contributed by atoms with van der Waals surface area (Å²) in [6.45, 7) is 2.73. The maximum atomic E-state index is 12.5. The molecule has 34 heavy (non-hydrogen) atoms. The van der Waals surface area contributed by atoms with Crippen LogP contribution in [0.3, 0.4) is 0 Å². The first-order valence-electron chi connectivity index (χ1n) is 10.7. The minimum absolute atomic E-state index is 0.0155. The van der Waals surface area contributed by atoms with Crippen LogP contribution in [0, 0.1) is 5.92 Å². The summed E-state index contributed by atoms with van der Waals surface area (Å²) in [5.41, 5.74) is -1.30. The van der Waals surface area contributed by atoms with Crippen molar-refractivity contribution in [3.8, 4) is 0 Å². The zero-order valence-corrected chi connectivity index (χ0v) is 18.7. The van der Waals surface area contributed by atoms with Gasteiger partial charge in [0.25, 0.3) is 5.56 Å². The van der Waals surface area contributed by atoms with E-state index in [-0.39, 0.29) is 48.8 Å². The van der Waals surface area contributed by atoms with Crippen molar-refractivity contribution in [3.05, 3.63) is 52.6 Å². The molecule has 12 heteroatoms. The third-order valence-electron chi connectivity index (χ3n) is 5.28. The van der Waals surface area contributed by atoms with Crippen LogP contribution in [0.1, 0.15) is 30.4 Å². The average molecular weight is 471 g/mol. The number of aromatic nitrogens is 4. The number of carbonyl (C=O) groups is 2. The fourth-order valence-corrected chi connectivity index (χ4v) is 3.36. The van der Waals surface area contributed by atoms with E-state index in [1.165, 1.54) is 10.9 Å². The van der Waals surface area contributed by atoms with Gasteiger partial charge in [0.1, 0.15) is 6.61 Å². The van der Waals surface area contributed by atoms with Crippen molar-refractivity contribution < 1.29 is 28.9 Å². The number of nitrogens with one attached hydrogen (secondary N) is 2. The number of aromatic amines is 1. The Morgan fingerprint density at radius 2 is 2.12 bits per heavy atom. The van der Waals surface area contributed by atoms with Crippen molar-refractivity contribution in [2.24, 2.45) is 5.92 Å². The van der Waals surface area contributed by atoms with Crippen LogP contribution < -0.4 is 10.9 Å². The Kier molecular flexibility index (Phi) is 6.72. The number of imidazole rings is 1. The highest BCUT2D eigenvalue weighted by molar-refractivity contribution is 5.91. The summed E-state index contributed by atoms with van der Waals surface area (Å²) in [5.74, 6) is -1.22. The monoisotopic (exact) mass is 471 g/mol. The number of hydrogen-bond acceptors (Lipinski definition) is 9. The standard InChI is InChI=1S/C22H25N5O7/c1-13(2)18(29)25-21-24-17-16(19(30)26-21)23-12-27(17)15-8-32-10-22(9-28,34-15)11-33-20(31)14-6-4-3-5-7-14/h3-7,12-13,15,28H,8-11H2,1-2H3,(H2,24,25,26,29,30)/t15-,22+/m1/s1. The summed E-state index contributed by atoms with van der Waals surface area (Å²) in [5, 5.41) is 12.6. The third-order valence-corrected chi connectivity index (χ3v) is 5.28. The molecule has 3 N–H and O–H groups in total. The molecule has 3 aromatic rings. The number of amides is 1. The number of aliphatic hydroxyl groups is 1. The predicted octanol–water partition coefficient (Wildman–Crippen LogP) is 0.848. The minimum Gasteiger partial charge on any atom is -0.459 e. The zero-order chi connectivity index (χ0) is 24.3. The number of benzene rings is 1. The Balaban J connectivity index is 1.56. The maximum Gasteiger partial charge on any atom is 0.338 e. The van der Waals surface area contributed by atoms with Gasteiger partial charge in [0.15, 0.2) is 23.0 Å². The molecule has 1 aliphatic heterocycles. The summed E-state index contributed by atoms with van der Waals surface area (Å²) in [6.07, 6.45) is 0.530. The molecular formula is C22H25N5O7. The van der Waals surface area contributed by atoms with Gasteiger partial charge >= 0.3 is 5.97 Å². The Bertz CT molecular complexity index is 1240. The molecule has 1 aliphatic rings. The van der Waals surface area contributed by atoms with E-state index in [1.54, 1.807) is 44.2 Å². The van der Waals surface area contributed by atoms with Crippen LogP contribution in [-0.4, -0.2) is 68.5 Å². The fourth-order valence-electron chi connectivity index (χ4n) is 3.36. The molecule has 1 amide bonds. The summed E-state index contributed by atoms with van der Waals surface area (Å²) in [7, 11) is 0. The Morgan fingerprint density at radius 3 is 2.82 bits per heavy atom. The predicted molar refractivity (Wildman–Crippen MR) is 119 cm³/mol. The van der Waals surface area contributed by atoms with Crippen molar-refractivity contribution in [2.75, 3.05) is 31.7 Å². The number of rotatable bonds is 7. The normalized spacial score (nSPS) is 20.4. The van der Waals surface area contributed by atoms with Crippen LogP contribution in [0.2, 0.25) is 0 Å². The number of ether oxygens (including phenoxy) is 3. The molecule has 0 unspecified atom stereocenters. The van der Waals surface area contributed by atoms with E-state index < -0.39 is 30.0 Å². The second-order valence-electron chi connectivity index (χ2n) is 8.25. The number of carbonyl (C=O) groups excluding carboxylic acids is 2. The minimum atomic E-state index is -1.33. The molecule has 2 atom stereocenters. The number of esters is 1. The zero-order valence-electron chi connectivity index (χ0n) is 18.7. The lowest BCUT2D eigenvalue weighted by atomic mass is 10.1. The fraction of sp³-hybridized carbons (Fsp3) is 0.409. The van der Waals surface area contributed by atoms with Crippen LogP contribution in [-0.2, 0) is 19.0 Å². The molecule has 0 spiro atoms. The molecule has 180 valence electrons. The molecule has 1 fully saturated rings. The van der Waals surface area contributed by atoms with Crippen LogP contribution in [0.5, 0.6) is 0 Å². The van der Waals surface area contributed by atoms with Crippen LogP contribution in [0.4, 0.5) is 5.95 Å². The van der Waals surface area contributed by atoms with E-state index in [0.29, 0.717) is 5.56 Å². The number of fused-ring (bicyclic) bond motifs is 1. The van der Waals surface area contributed by atoms with Gasteiger partial charge in [-0.1, -0.05) is 32.0 Å². The van der Waals surface area contributed by atoms with Gasteiger partial charge in [-0.05, 0) is 12.1 Å². The number of hydrogen-bond donors (Lipinski definition) is 3. The number of H-pyrrole nitrogens is 1. The largest absolute Gasteiger partial charge is 0.459 e. The van der Waals surface area contributed by atoms with Crippen molar-refractivity contribution >= 4 is 29.0 Å². The highest BCUT2D eigenvalue weighted by atomic mass is 16.6. The van der Waals surface area contributed by atoms with Crippen LogP contribution >= 0.6 is 0 Å². The number of anilines is 1. The van der Waals surface area contributed by atoms with Crippen molar-refractivity contribution in [2.45, 2.75) is 25.7 Å². The van der Waals surface area contributed by atoms with Gasteiger partial charge in [-0.3, -0.25) is 24.5 Å². The lowest BCUT2D eigenvalue weighted by Gasteiger charge is -2.39. The molecule has 1 saturated heterocycles. The molecule has 0 aliphatic carbocycles. The second kappa shape index (κ2) is 9.71. The molecular weight excluding hydrogens is 446 g/mol. The lowest BCUT2D eigenvalue weighted by molar-refractivity contribution is -0.247. The SMILES string of the molecule is CC(C)C(=O)Nc1nc2c(ncn2[C@H]2COC[C@@](CO)(COC(=O)c3ccccc3)O2)c(=O)[nH]1. The first-order chi connectivity index (χ1) is 16.3. The van der Waals surface area contributed by atoms with Crippen LogP contribution in [0.25, 0.3) is 11.2 Å². The van der Waals surface area contributed by atoms with E-state index in [1.807, 2.05) is 0 Å². The summed E-state index contributed by atoms with van der Waals surface area (Å²) < 4.78 is 18.6. The lowest BCUT2D eigenvalue weighted by Crippen LogP contribution is -2.52. The number of nitrogens with zero attached hydrogens (tertiary/aromatic N) is 3. The van der Waals surface area contributed by atoms with Gasteiger partial charge in [-0.25, -0.2) is 9.78 Å². The first kappa shape index (κ1) is 23.5. The van der Waals surface area contributed by atoms with E-state index in [9.17, 15) is 19.5 Å². The smallest absolute Gasteiger partial charge is 0.338 e. The summed E-state index contributed by atoms with van der Waals surface area (Å²) >= 11 is 0. The average Bonchev–Trinajstić information content (AvgIpc) is 3.28. The van der Waals surface area contributed by atoms with Gasteiger partial charge in [-0.15, -0.1) is 0 Å². The summed E-state index contributed by atoms with van der Waals surface area (Å²) in [4.78, 5) is 47.7. The highest BCUT2D eigenvalue weighted by Crippen LogP contribution is 2.28. The second-order valence-corrected chi connectivity index (χ2v) is 8.25. The Hall–Kier alpha value is -3.61. The van der Waals surface area contributed by atoms with Crippen molar-refractivity contribution in [1.29, 1.82) is 0 Å². The number of aliphatic hydroxyl groups excluding tert-OH is 1. The Labute approximate surface area is 193 Å². The molecule has 12 nitrogen and oxygen atoms in total. The van der Waals surface area contributed by atoms with Gasteiger partial charge < -0.3 is 19.3 Å². The summed E-state index contributed by atoms with van der Waals surface area (Å²) in [6, 6.07) is 8.44. The molecule has 4 rings (SSSR count). The molecule has 0 saturated carbocycles. The Morgan fingerprint density at radius 1 is 1.35 bits per heavy atom. The maximum absolute atomic E-state index is 12.5. The molecule has 0 radical (unpaired) electrons.